The Hall–Kier alpha value is -2.83. The van der Waals surface area contributed by atoms with E-state index in [1.165, 1.54) is 11.0 Å². The number of halogens is 1. The fraction of sp³-hybridized carbons (Fsp3) is 0.238. The molecule has 3 aromatic rings. The molecule has 0 aliphatic carbocycles. The predicted octanol–water partition coefficient (Wildman–Crippen LogP) is 1.77. The van der Waals surface area contributed by atoms with Gasteiger partial charge in [0.1, 0.15) is 0 Å². The highest BCUT2D eigenvalue weighted by atomic mass is 35.5. The van der Waals surface area contributed by atoms with E-state index in [-0.39, 0.29) is 11.5 Å². The number of hydrogen-bond acceptors (Lipinski definition) is 3. The summed E-state index contributed by atoms with van der Waals surface area (Å²) in [6.45, 7) is 3.89. The van der Waals surface area contributed by atoms with Gasteiger partial charge in [-0.05, 0) is 24.3 Å². The largest absolute Gasteiger partial charge is 0.359 e. The first-order chi connectivity index (χ1) is 13.5. The number of carbonyl (C=O) groups is 1. The number of H-pyrrole nitrogens is 1. The number of aromatic nitrogens is 1. The fourth-order valence-electron chi connectivity index (χ4n) is 3.60. The summed E-state index contributed by atoms with van der Waals surface area (Å²) < 4.78 is 0. The van der Waals surface area contributed by atoms with Crippen molar-refractivity contribution in [1.29, 1.82) is 0 Å². The zero-order valence-corrected chi connectivity index (χ0v) is 16.3. The number of carbonyl (C=O) groups excluding carboxylic acids is 1. The molecule has 2 aromatic carbocycles. The molecule has 3 N–H and O–H groups in total. The number of nitrogens with zero attached hydrogens (tertiary/aromatic N) is 1. The number of nitrogens with one attached hydrogen (secondary N) is 3. The van der Waals surface area contributed by atoms with Crippen molar-refractivity contribution in [3.05, 3.63) is 69.5 Å². The monoisotopic (exact) mass is 397 g/mol. The number of aromatic amines is 1. The third-order valence-corrected chi connectivity index (χ3v) is 5.39. The molecule has 6 nitrogen and oxygen atoms in total. The Morgan fingerprint density at radius 2 is 1.89 bits per heavy atom. The van der Waals surface area contributed by atoms with Crippen molar-refractivity contribution in [3.63, 3.8) is 0 Å². The number of hydrogen-bond donors (Lipinski definition) is 3. The van der Waals surface area contributed by atoms with Crippen LogP contribution < -0.4 is 20.7 Å². The molecule has 0 unspecified atom stereocenters. The lowest BCUT2D eigenvalue weighted by Crippen LogP contribution is -3.12. The maximum atomic E-state index is 13.0. The van der Waals surface area contributed by atoms with E-state index in [2.05, 4.69) is 22.2 Å². The van der Waals surface area contributed by atoms with E-state index in [0.717, 1.165) is 31.9 Å². The van der Waals surface area contributed by atoms with Gasteiger partial charge in [0.15, 0.2) is 0 Å². The maximum absolute atomic E-state index is 13.0. The van der Waals surface area contributed by atoms with Crippen molar-refractivity contribution >= 4 is 39.8 Å². The van der Waals surface area contributed by atoms with Crippen LogP contribution in [0.1, 0.15) is 10.4 Å². The van der Waals surface area contributed by atoms with Crippen LogP contribution in [0.2, 0.25) is 5.02 Å². The van der Waals surface area contributed by atoms with Gasteiger partial charge in [0.2, 0.25) is 5.56 Å². The van der Waals surface area contributed by atoms with Gasteiger partial charge >= 0.3 is 0 Å². The molecule has 0 radical (unpaired) electrons. The molecule has 1 fully saturated rings. The van der Waals surface area contributed by atoms with E-state index >= 15 is 0 Å². The molecule has 0 atom stereocenters. The van der Waals surface area contributed by atoms with Crippen LogP contribution in [0.25, 0.3) is 10.9 Å². The third-order valence-electron chi connectivity index (χ3n) is 5.16. The SMILES string of the molecule is C[NH+]1CCN(c2ccc(Cl)cc2NC(=O)c2cc(=O)[nH]c3ccccc23)CC1. The van der Waals surface area contributed by atoms with E-state index in [1.54, 1.807) is 12.1 Å². The van der Waals surface area contributed by atoms with Crippen molar-refractivity contribution < 1.29 is 9.69 Å². The number of piperazine rings is 1. The van der Waals surface area contributed by atoms with Gasteiger partial charge < -0.3 is 20.1 Å². The van der Waals surface area contributed by atoms with Crippen LogP contribution >= 0.6 is 11.6 Å². The van der Waals surface area contributed by atoms with Gasteiger partial charge in [0, 0.05) is 22.0 Å². The lowest BCUT2D eigenvalue weighted by molar-refractivity contribution is -0.880. The normalized spacial score (nSPS) is 15.0. The number of pyridine rings is 1. The van der Waals surface area contributed by atoms with E-state index in [9.17, 15) is 9.59 Å². The summed E-state index contributed by atoms with van der Waals surface area (Å²) in [6.07, 6.45) is 0. The molecule has 0 spiro atoms. The van der Waals surface area contributed by atoms with Gasteiger partial charge in [-0.2, -0.15) is 0 Å². The lowest BCUT2D eigenvalue weighted by Gasteiger charge is -2.33. The summed E-state index contributed by atoms with van der Waals surface area (Å²) in [7, 11) is 2.18. The molecule has 0 bridgehead atoms. The molecule has 1 aromatic heterocycles. The number of quaternary nitrogens is 1. The zero-order valence-electron chi connectivity index (χ0n) is 15.6. The van der Waals surface area contributed by atoms with Crippen LogP contribution in [0.15, 0.2) is 53.3 Å². The molecule has 7 heteroatoms. The summed E-state index contributed by atoms with van der Waals surface area (Å²) in [6, 6.07) is 14.1. The first kappa shape index (κ1) is 18.5. The number of likely N-dealkylation sites (N-methyl/N-ethyl adjacent to an activating group) is 1. The zero-order chi connectivity index (χ0) is 19.7. The molecular formula is C21H22ClN4O2+. The molecule has 2 heterocycles. The quantitative estimate of drug-likeness (QED) is 0.631. The van der Waals surface area contributed by atoms with Gasteiger partial charge in [-0.3, -0.25) is 9.59 Å². The Morgan fingerprint density at radius 3 is 2.68 bits per heavy atom. The molecule has 144 valence electrons. The summed E-state index contributed by atoms with van der Waals surface area (Å²) in [5.74, 6) is -0.328. The molecule has 1 aliphatic rings. The Bertz CT molecular complexity index is 1090. The highest BCUT2D eigenvalue weighted by Crippen LogP contribution is 2.30. The van der Waals surface area contributed by atoms with Crippen LogP contribution in [0, 0.1) is 0 Å². The number of fused-ring (bicyclic) bond motifs is 1. The second-order valence-corrected chi connectivity index (χ2v) is 7.59. The van der Waals surface area contributed by atoms with E-state index in [1.807, 2.05) is 30.3 Å². The van der Waals surface area contributed by atoms with Crippen LogP contribution in [-0.2, 0) is 0 Å². The Balaban J connectivity index is 1.69. The molecular weight excluding hydrogens is 376 g/mol. The first-order valence-electron chi connectivity index (χ1n) is 9.30. The summed E-state index contributed by atoms with van der Waals surface area (Å²) in [5.41, 5.74) is 2.26. The van der Waals surface area contributed by atoms with Crippen molar-refractivity contribution in [3.8, 4) is 0 Å². The van der Waals surface area contributed by atoms with Crippen molar-refractivity contribution in [2.75, 3.05) is 43.4 Å². The molecule has 1 saturated heterocycles. The van der Waals surface area contributed by atoms with E-state index in [0.29, 0.717) is 27.2 Å². The minimum atomic E-state index is -0.328. The van der Waals surface area contributed by atoms with Gasteiger partial charge in [0.25, 0.3) is 5.91 Å². The fourth-order valence-corrected chi connectivity index (χ4v) is 3.77. The van der Waals surface area contributed by atoms with Crippen LogP contribution in [-0.4, -0.2) is 44.1 Å². The van der Waals surface area contributed by atoms with Crippen molar-refractivity contribution in [2.45, 2.75) is 0 Å². The lowest BCUT2D eigenvalue weighted by atomic mass is 10.1. The minimum Gasteiger partial charge on any atom is -0.359 e. The van der Waals surface area contributed by atoms with Crippen molar-refractivity contribution in [2.24, 2.45) is 0 Å². The van der Waals surface area contributed by atoms with Gasteiger partial charge in [-0.25, -0.2) is 0 Å². The second-order valence-electron chi connectivity index (χ2n) is 7.15. The Morgan fingerprint density at radius 1 is 1.14 bits per heavy atom. The average Bonchev–Trinajstić information content (AvgIpc) is 2.68. The molecule has 1 amide bonds. The number of benzene rings is 2. The van der Waals surface area contributed by atoms with Crippen LogP contribution in [0.4, 0.5) is 11.4 Å². The Kier molecular flexibility index (Phi) is 5.07. The van der Waals surface area contributed by atoms with Crippen LogP contribution in [0.3, 0.4) is 0 Å². The topological polar surface area (TPSA) is 69.6 Å². The average molecular weight is 398 g/mol. The predicted molar refractivity (Wildman–Crippen MR) is 113 cm³/mol. The highest BCUT2D eigenvalue weighted by molar-refractivity contribution is 6.31. The smallest absolute Gasteiger partial charge is 0.256 e. The summed E-state index contributed by atoms with van der Waals surface area (Å²) in [5, 5.41) is 4.22. The Labute approximate surface area is 167 Å². The van der Waals surface area contributed by atoms with Gasteiger partial charge in [0.05, 0.1) is 50.2 Å². The number of rotatable bonds is 3. The molecule has 0 saturated carbocycles. The highest BCUT2D eigenvalue weighted by Gasteiger charge is 2.21. The first-order valence-corrected chi connectivity index (χ1v) is 9.68. The molecule has 1 aliphatic heterocycles. The van der Waals surface area contributed by atoms with E-state index < -0.39 is 0 Å². The maximum Gasteiger partial charge on any atom is 0.256 e. The number of anilines is 2. The van der Waals surface area contributed by atoms with Crippen LogP contribution in [0.5, 0.6) is 0 Å². The summed E-state index contributed by atoms with van der Waals surface area (Å²) in [4.78, 5) is 31.6. The summed E-state index contributed by atoms with van der Waals surface area (Å²) >= 11 is 6.20. The van der Waals surface area contributed by atoms with E-state index in [4.69, 9.17) is 11.6 Å². The third kappa shape index (κ3) is 3.74. The van der Waals surface area contributed by atoms with Crippen molar-refractivity contribution in [1.82, 2.24) is 4.98 Å². The standard InChI is InChI=1S/C21H21ClN4O2/c1-25-8-10-26(11-9-25)19-7-6-14(22)12-18(19)24-21(28)16-13-20(27)23-17-5-3-2-4-15(16)17/h2-7,12-13H,8-11H2,1H3,(H,23,27)(H,24,28)/p+1. The number of amides is 1. The molecule has 28 heavy (non-hydrogen) atoms. The van der Waals surface area contributed by atoms with Gasteiger partial charge in [-0.15, -0.1) is 0 Å². The second kappa shape index (κ2) is 7.66. The number of para-hydroxylation sites is 1. The van der Waals surface area contributed by atoms with Gasteiger partial charge in [-0.1, -0.05) is 29.8 Å². The molecule has 4 rings (SSSR count). The minimum absolute atomic E-state index is 0.308.